The van der Waals surface area contributed by atoms with Crippen molar-refractivity contribution in [2.45, 2.75) is 53.6 Å². The van der Waals surface area contributed by atoms with Crippen molar-refractivity contribution in [2.24, 2.45) is 17.3 Å². The van der Waals surface area contributed by atoms with Gasteiger partial charge in [-0.25, -0.2) is 0 Å². The monoisotopic (exact) mass is 196 g/mol. The molecule has 0 aromatic rings. The molecule has 0 aromatic carbocycles. The van der Waals surface area contributed by atoms with Gasteiger partial charge in [0.1, 0.15) is 0 Å². The van der Waals surface area contributed by atoms with Crippen molar-refractivity contribution >= 4 is 0 Å². The first kappa shape index (κ1) is 11.8. The van der Waals surface area contributed by atoms with Crippen molar-refractivity contribution < 1.29 is 5.11 Å². The van der Waals surface area contributed by atoms with Gasteiger partial charge in [-0.2, -0.15) is 0 Å². The van der Waals surface area contributed by atoms with Crippen LogP contribution >= 0.6 is 0 Å². The lowest BCUT2D eigenvalue weighted by Crippen LogP contribution is -2.32. The molecule has 0 heterocycles. The third kappa shape index (κ3) is 2.20. The average molecular weight is 196 g/mol. The molecular formula is C13H24O. The van der Waals surface area contributed by atoms with Crippen molar-refractivity contribution in [2.75, 3.05) is 0 Å². The van der Waals surface area contributed by atoms with Crippen LogP contribution in [0.15, 0.2) is 11.6 Å². The Balaban J connectivity index is 2.64. The Hall–Kier alpha value is -0.300. The van der Waals surface area contributed by atoms with Crippen LogP contribution in [-0.2, 0) is 0 Å². The highest BCUT2D eigenvalue weighted by atomic mass is 16.3. The molecule has 0 aromatic heterocycles. The predicted molar refractivity (Wildman–Crippen MR) is 61.1 cm³/mol. The Morgan fingerprint density at radius 3 is 2.43 bits per heavy atom. The van der Waals surface area contributed by atoms with E-state index in [4.69, 9.17) is 0 Å². The summed E-state index contributed by atoms with van der Waals surface area (Å²) in [5.41, 5.74) is 1.62. The minimum atomic E-state index is -0.140. The summed E-state index contributed by atoms with van der Waals surface area (Å²) in [4.78, 5) is 0. The van der Waals surface area contributed by atoms with Crippen LogP contribution in [0.1, 0.15) is 47.5 Å². The van der Waals surface area contributed by atoms with Gasteiger partial charge in [0.05, 0.1) is 6.10 Å². The van der Waals surface area contributed by atoms with Gasteiger partial charge in [0.2, 0.25) is 0 Å². The third-order valence-corrected chi connectivity index (χ3v) is 3.80. The second kappa shape index (κ2) is 4.06. The largest absolute Gasteiger partial charge is 0.393 e. The summed E-state index contributed by atoms with van der Waals surface area (Å²) in [5.74, 6) is 1.01. The first-order valence-corrected chi connectivity index (χ1v) is 5.71. The zero-order valence-electron chi connectivity index (χ0n) is 10.2. The molecule has 14 heavy (non-hydrogen) atoms. The van der Waals surface area contributed by atoms with Crippen molar-refractivity contribution in [3.8, 4) is 0 Å². The molecule has 0 spiro atoms. The second-order valence-corrected chi connectivity index (χ2v) is 5.65. The molecule has 1 aliphatic rings. The Morgan fingerprint density at radius 2 is 2.07 bits per heavy atom. The molecule has 1 aliphatic carbocycles. The maximum Gasteiger partial charge on any atom is 0.0582 e. The van der Waals surface area contributed by atoms with E-state index in [-0.39, 0.29) is 11.5 Å². The molecule has 0 saturated carbocycles. The van der Waals surface area contributed by atoms with Gasteiger partial charge in [-0.05, 0) is 37.0 Å². The lowest BCUT2D eigenvalue weighted by atomic mass is 9.73. The summed E-state index contributed by atoms with van der Waals surface area (Å²) in [6, 6.07) is 0. The minimum Gasteiger partial charge on any atom is -0.393 e. The molecule has 1 heteroatoms. The van der Waals surface area contributed by atoms with E-state index in [0.29, 0.717) is 11.8 Å². The van der Waals surface area contributed by atoms with Crippen molar-refractivity contribution in [1.82, 2.24) is 0 Å². The second-order valence-electron chi connectivity index (χ2n) is 5.65. The first-order chi connectivity index (χ1) is 6.35. The summed E-state index contributed by atoms with van der Waals surface area (Å²) >= 11 is 0. The topological polar surface area (TPSA) is 20.2 Å². The fourth-order valence-electron chi connectivity index (χ4n) is 2.44. The van der Waals surface area contributed by atoms with Gasteiger partial charge >= 0.3 is 0 Å². The highest BCUT2D eigenvalue weighted by Crippen LogP contribution is 2.45. The van der Waals surface area contributed by atoms with E-state index >= 15 is 0 Å². The van der Waals surface area contributed by atoms with Gasteiger partial charge in [-0.15, -0.1) is 0 Å². The Bertz CT molecular complexity index is 225. The Morgan fingerprint density at radius 1 is 1.50 bits per heavy atom. The molecule has 1 rings (SSSR count). The van der Waals surface area contributed by atoms with Gasteiger partial charge in [-0.3, -0.25) is 0 Å². The highest BCUT2D eigenvalue weighted by molar-refractivity contribution is 5.19. The third-order valence-electron chi connectivity index (χ3n) is 3.80. The molecule has 1 nitrogen and oxygen atoms in total. The van der Waals surface area contributed by atoms with Crippen molar-refractivity contribution in [1.29, 1.82) is 0 Å². The average Bonchev–Trinajstić information content (AvgIpc) is 2.26. The number of hydrogen-bond acceptors (Lipinski definition) is 1. The summed E-state index contributed by atoms with van der Waals surface area (Å²) < 4.78 is 0. The molecule has 0 saturated heterocycles. The van der Waals surface area contributed by atoms with Crippen LogP contribution in [-0.4, -0.2) is 11.2 Å². The van der Waals surface area contributed by atoms with E-state index in [1.165, 1.54) is 5.57 Å². The van der Waals surface area contributed by atoms with Crippen LogP contribution in [0, 0.1) is 17.3 Å². The van der Waals surface area contributed by atoms with E-state index in [2.05, 4.69) is 40.7 Å². The van der Waals surface area contributed by atoms with E-state index in [9.17, 15) is 5.11 Å². The number of aliphatic hydroxyl groups excluding tert-OH is 1. The van der Waals surface area contributed by atoms with Crippen molar-refractivity contribution in [3.05, 3.63) is 11.6 Å². The predicted octanol–water partition coefficient (Wildman–Crippen LogP) is 3.39. The maximum atomic E-state index is 10.1. The lowest BCUT2D eigenvalue weighted by molar-refractivity contribution is 0.0448. The lowest BCUT2D eigenvalue weighted by Gasteiger charge is -2.34. The Labute approximate surface area is 88.2 Å². The molecule has 0 aliphatic heterocycles. The smallest absolute Gasteiger partial charge is 0.0582 e. The number of rotatable bonds is 3. The quantitative estimate of drug-likeness (QED) is 0.686. The van der Waals surface area contributed by atoms with E-state index in [1.54, 1.807) is 0 Å². The maximum absolute atomic E-state index is 10.1. The van der Waals surface area contributed by atoms with Crippen LogP contribution in [0.5, 0.6) is 0 Å². The van der Waals surface area contributed by atoms with Crippen LogP contribution in [0.3, 0.4) is 0 Å². The molecular weight excluding hydrogens is 172 g/mol. The Kier molecular flexibility index (Phi) is 3.41. The minimum absolute atomic E-state index is 0.140. The summed E-state index contributed by atoms with van der Waals surface area (Å²) in [5, 5.41) is 10.1. The van der Waals surface area contributed by atoms with Crippen LogP contribution < -0.4 is 0 Å². The SMILES string of the molecule is CC1=CCC(C(O)CC(C)C)C1(C)C. The van der Waals surface area contributed by atoms with E-state index in [1.807, 2.05) is 0 Å². The number of allylic oxidation sites excluding steroid dienone is 2. The standard InChI is InChI=1S/C13H24O/c1-9(2)8-12(14)11-7-6-10(3)13(11,4)5/h6,9,11-12,14H,7-8H2,1-5H3. The van der Waals surface area contributed by atoms with E-state index < -0.39 is 0 Å². The summed E-state index contributed by atoms with van der Waals surface area (Å²) in [7, 11) is 0. The molecule has 82 valence electrons. The normalized spacial score (nSPS) is 27.9. The molecule has 1 N–H and O–H groups in total. The molecule has 0 amide bonds. The van der Waals surface area contributed by atoms with Gasteiger partial charge in [-0.1, -0.05) is 39.3 Å². The van der Waals surface area contributed by atoms with Crippen LogP contribution in [0.25, 0.3) is 0 Å². The summed E-state index contributed by atoms with van der Waals surface area (Å²) in [6.45, 7) is 11.0. The fraction of sp³-hybridized carbons (Fsp3) is 0.846. The molecule has 2 atom stereocenters. The van der Waals surface area contributed by atoms with Crippen LogP contribution in [0.2, 0.25) is 0 Å². The molecule has 0 radical (unpaired) electrons. The number of aliphatic hydroxyl groups is 1. The molecule has 2 unspecified atom stereocenters. The molecule has 0 bridgehead atoms. The van der Waals surface area contributed by atoms with Crippen molar-refractivity contribution in [3.63, 3.8) is 0 Å². The fourth-order valence-corrected chi connectivity index (χ4v) is 2.44. The zero-order chi connectivity index (χ0) is 10.9. The first-order valence-electron chi connectivity index (χ1n) is 5.71. The highest BCUT2D eigenvalue weighted by Gasteiger charge is 2.39. The van der Waals surface area contributed by atoms with Gasteiger partial charge in [0.15, 0.2) is 0 Å². The van der Waals surface area contributed by atoms with Gasteiger partial charge in [0, 0.05) is 0 Å². The number of hydrogen-bond donors (Lipinski definition) is 1. The van der Waals surface area contributed by atoms with Gasteiger partial charge in [0.25, 0.3) is 0 Å². The zero-order valence-corrected chi connectivity index (χ0v) is 10.2. The van der Waals surface area contributed by atoms with Crippen LogP contribution in [0.4, 0.5) is 0 Å². The van der Waals surface area contributed by atoms with Gasteiger partial charge < -0.3 is 5.11 Å². The molecule has 0 fully saturated rings. The summed E-state index contributed by atoms with van der Waals surface area (Å²) in [6.07, 6.45) is 4.12. The van der Waals surface area contributed by atoms with E-state index in [0.717, 1.165) is 12.8 Å².